The molecule has 8 aromatic carbocycles. The number of hydrogen-bond donors (Lipinski definition) is 1. The maximum atomic E-state index is 5.15. The molecule has 11 rings (SSSR count). The van der Waals surface area contributed by atoms with Crippen molar-refractivity contribution in [3.05, 3.63) is 198 Å². The van der Waals surface area contributed by atoms with Gasteiger partial charge in [-0.2, -0.15) is 0 Å². The van der Waals surface area contributed by atoms with E-state index in [1.54, 1.807) is 0 Å². The third-order valence-corrected chi connectivity index (χ3v) is 12.1. The molecule has 4 nitrogen and oxygen atoms in total. The minimum absolute atomic E-state index is 0.805. The fourth-order valence-corrected chi connectivity index (χ4v) is 9.32. The van der Waals surface area contributed by atoms with Crippen LogP contribution in [-0.4, -0.2) is 20.4 Å². The second kappa shape index (κ2) is 13.6. The van der Waals surface area contributed by atoms with Crippen LogP contribution in [0.3, 0.4) is 0 Å². The number of rotatable bonds is 6. The predicted octanol–water partition coefficient (Wildman–Crippen LogP) is 13.7. The molecule has 10 aromatic rings. The van der Waals surface area contributed by atoms with E-state index < -0.39 is 0 Å². The first-order valence-corrected chi connectivity index (χ1v) is 19.9. The zero-order valence-electron chi connectivity index (χ0n) is 32.3. The van der Waals surface area contributed by atoms with Crippen LogP contribution >= 0.6 is 0 Å². The lowest BCUT2D eigenvalue weighted by Gasteiger charge is -2.22. The minimum atomic E-state index is 0.805. The van der Waals surface area contributed by atoms with Gasteiger partial charge in [0.05, 0.1) is 5.52 Å². The average molecular weight is 743 g/mol. The molecule has 0 bridgehead atoms. The Labute approximate surface area is 337 Å². The van der Waals surface area contributed by atoms with E-state index in [1.165, 1.54) is 61.0 Å². The summed E-state index contributed by atoms with van der Waals surface area (Å²) in [5.74, 6) is 0. The molecule has 0 amide bonds. The largest absolute Gasteiger partial charge is 0.354 e. The van der Waals surface area contributed by atoms with Gasteiger partial charge in [0.2, 0.25) is 0 Å². The van der Waals surface area contributed by atoms with E-state index in [2.05, 4.69) is 200 Å². The summed E-state index contributed by atoms with van der Waals surface area (Å²) in [5.41, 5.74) is 22.5. The Hall–Kier alpha value is -7.43. The molecular weight excluding hydrogens is 705 g/mol. The van der Waals surface area contributed by atoms with Crippen molar-refractivity contribution in [1.82, 2.24) is 20.4 Å². The van der Waals surface area contributed by atoms with Gasteiger partial charge in [-0.05, 0) is 104 Å². The molecule has 0 atom stereocenters. The van der Waals surface area contributed by atoms with E-state index in [1.807, 2.05) is 0 Å². The van der Waals surface area contributed by atoms with Crippen LogP contribution in [0.2, 0.25) is 0 Å². The van der Waals surface area contributed by atoms with Crippen LogP contribution in [-0.2, 0) is 6.42 Å². The lowest BCUT2D eigenvalue weighted by Crippen LogP contribution is -2.05. The van der Waals surface area contributed by atoms with Crippen LogP contribution in [0.1, 0.15) is 22.3 Å². The van der Waals surface area contributed by atoms with Gasteiger partial charge < -0.3 is 4.98 Å². The second-order valence-corrected chi connectivity index (χ2v) is 15.3. The van der Waals surface area contributed by atoms with Gasteiger partial charge in [0, 0.05) is 33.0 Å². The standard InChI is InChI=1S/C54H38N4/c1-33-31-46-39-23-10-9-21-37(39)32-47(46)49(34(33)2)51-52(36-19-7-4-8-20-36)56-58-57-54(51)50-44(29-30-45-43-27-15-16-28-48(43)55-53(45)50)42-26-14-13-25-41(42)40-24-12-11-22-38(40)35-17-5-3-6-18-35/h3-31,55H,32H2,1-2H3. The Morgan fingerprint density at radius 3 is 1.78 bits per heavy atom. The highest BCUT2D eigenvalue weighted by Crippen LogP contribution is 2.51. The van der Waals surface area contributed by atoms with Gasteiger partial charge in [0.15, 0.2) is 0 Å². The van der Waals surface area contributed by atoms with E-state index in [4.69, 9.17) is 10.2 Å². The Morgan fingerprint density at radius 1 is 0.431 bits per heavy atom. The number of aryl methyl sites for hydroxylation is 1. The van der Waals surface area contributed by atoms with Crippen LogP contribution in [0, 0.1) is 13.8 Å². The number of aromatic amines is 1. The summed E-state index contributed by atoms with van der Waals surface area (Å²) < 4.78 is 0. The summed E-state index contributed by atoms with van der Waals surface area (Å²) in [6.45, 7) is 4.49. The van der Waals surface area contributed by atoms with Gasteiger partial charge in [-0.1, -0.05) is 170 Å². The molecule has 274 valence electrons. The third-order valence-electron chi connectivity index (χ3n) is 12.1. The van der Waals surface area contributed by atoms with Gasteiger partial charge in [0.25, 0.3) is 0 Å². The van der Waals surface area contributed by atoms with Crippen molar-refractivity contribution < 1.29 is 0 Å². The van der Waals surface area contributed by atoms with Gasteiger partial charge in [0.1, 0.15) is 11.4 Å². The quantitative estimate of drug-likeness (QED) is 0.185. The molecule has 0 unspecified atom stereocenters. The van der Waals surface area contributed by atoms with Crippen molar-refractivity contribution in [3.8, 4) is 78.1 Å². The molecule has 1 aliphatic carbocycles. The van der Waals surface area contributed by atoms with Gasteiger partial charge in [-0.15, -0.1) is 10.2 Å². The fourth-order valence-electron chi connectivity index (χ4n) is 9.32. The molecule has 2 aromatic heterocycles. The molecular formula is C54H38N4. The van der Waals surface area contributed by atoms with E-state index in [9.17, 15) is 0 Å². The Balaban J connectivity index is 1.27. The van der Waals surface area contributed by atoms with Crippen molar-refractivity contribution in [1.29, 1.82) is 0 Å². The predicted molar refractivity (Wildman–Crippen MR) is 240 cm³/mol. The maximum absolute atomic E-state index is 5.15. The van der Waals surface area contributed by atoms with E-state index >= 15 is 0 Å². The molecule has 0 saturated heterocycles. The van der Waals surface area contributed by atoms with Crippen molar-refractivity contribution in [3.63, 3.8) is 0 Å². The van der Waals surface area contributed by atoms with Crippen LogP contribution in [0.5, 0.6) is 0 Å². The van der Waals surface area contributed by atoms with Crippen LogP contribution < -0.4 is 0 Å². The molecule has 1 N–H and O–H groups in total. The molecule has 0 saturated carbocycles. The normalized spacial score (nSPS) is 11.9. The first kappa shape index (κ1) is 33.9. The summed E-state index contributed by atoms with van der Waals surface area (Å²) in [7, 11) is 0. The zero-order valence-corrected chi connectivity index (χ0v) is 32.3. The van der Waals surface area contributed by atoms with Gasteiger partial charge >= 0.3 is 0 Å². The monoisotopic (exact) mass is 742 g/mol. The van der Waals surface area contributed by atoms with Crippen LogP contribution in [0.4, 0.5) is 0 Å². The van der Waals surface area contributed by atoms with Crippen LogP contribution in [0.25, 0.3) is 100.0 Å². The number of nitrogens with zero attached hydrogens (tertiary/aromatic N) is 3. The second-order valence-electron chi connectivity index (χ2n) is 15.3. The topological polar surface area (TPSA) is 54.5 Å². The molecule has 4 heteroatoms. The smallest absolute Gasteiger partial charge is 0.108 e. The fraction of sp³-hybridized carbons (Fsp3) is 0.0556. The summed E-state index contributed by atoms with van der Waals surface area (Å²) in [5, 5.41) is 17.0. The highest BCUT2D eigenvalue weighted by Gasteiger charge is 2.31. The average Bonchev–Trinajstić information content (AvgIpc) is 3.85. The lowest BCUT2D eigenvalue weighted by molar-refractivity contribution is 0.878. The van der Waals surface area contributed by atoms with E-state index in [0.29, 0.717) is 0 Å². The molecule has 1 aliphatic rings. The molecule has 0 spiro atoms. The number of fused-ring (bicyclic) bond motifs is 6. The number of para-hydroxylation sites is 1. The van der Waals surface area contributed by atoms with Crippen molar-refractivity contribution >= 4 is 21.8 Å². The highest BCUT2D eigenvalue weighted by atomic mass is 15.3. The Morgan fingerprint density at radius 2 is 1.02 bits per heavy atom. The number of hydrogen-bond acceptors (Lipinski definition) is 3. The minimum Gasteiger partial charge on any atom is -0.354 e. The van der Waals surface area contributed by atoms with Crippen molar-refractivity contribution in [2.24, 2.45) is 0 Å². The molecule has 2 heterocycles. The molecule has 0 radical (unpaired) electrons. The Kier molecular flexibility index (Phi) is 7.97. The summed E-state index contributed by atoms with van der Waals surface area (Å²) in [6, 6.07) is 63.0. The number of nitrogens with one attached hydrogen (secondary N) is 1. The maximum Gasteiger partial charge on any atom is 0.108 e. The van der Waals surface area contributed by atoms with Gasteiger partial charge in [-0.3, -0.25) is 0 Å². The van der Waals surface area contributed by atoms with E-state index in [0.717, 1.165) is 67.6 Å². The molecule has 0 fully saturated rings. The number of H-pyrrole nitrogens is 1. The summed E-state index contributed by atoms with van der Waals surface area (Å²) >= 11 is 0. The van der Waals surface area contributed by atoms with Crippen molar-refractivity contribution in [2.75, 3.05) is 0 Å². The first-order valence-electron chi connectivity index (χ1n) is 19.9. The number of benzene rings is 8. The van der Waals surface area contributed by atoms with E-state index in [-0.39, 0.29) is 0 Å². The summed E-state index contributed by atoms with van der Waals surface area (Å²) in [4.78, 5) is 3.89. The van der Waals surface area contributed by atoms with Gasteiger partial charge in [-0.25, -0.2) is 0 Å². The first-order chi connectivity index (χ1) is 28.6. The molecule has 58 heavy (non-hydrogen) atoms. The SMILES string of the molecule is Cc1cc2c(c(-c3c(-c4ccccc4)nnnc3-c3c(-c4ccccc4-c4ccccc4-c4ccccc4)ccc4c3[nH]c3ccccc34)c1C)Cc1ccccc1-2. The summed E-state index contributed by atoms with van der Waals surface area (Å²) in [6.07, 6.45) is 0.834. The Bertz CT molecular complexity index is 3210. The highest BCUT2D eigenvalue weighted by molar-refractivity contribution is 6.17. The number of aromatic nitrogens is 4. The lowest BCUT2D eigenvalue weighted by atomic mass is 9.82. The zero-order chi connectivity index (χ0) is 38.7. The molecule has 0 aliphatic heterocycles. The van der Waals surface area contributed by atoms with Crippen molar-refractivity contribution in [2.45, 2.75) is 20.3 Å². The third kappa shape index (κ3) is 5.33. The van der Waals surface area contributed by atoms with Crippen LogP contribution in [0.15, 0.2) is 176 Å².